The van der Waals surface area contributed by atoms with E-state index in [9.17, 15) is 9.90 Å². The Morgan fingerprint density at radius 1 is 1.14 bits per heavy atom. The van der Waals surface area contributed by atoms with E-state index in [0.717, 1.165) is 4.47 Å². The number of nitrogens with zero attached hydrogens (tertiary/aromatic N) is 1. The molecule has 0 aliphatic carbocycles. The van der Waals surface area contributed by atoms with Crippen LogP contribution in [0.2, 0.25) is 5.02 Å². The summed E-state index contributed by atoms with van der Waals surface area (Å²) in [7, 11) is 0. The SMILES string of the molecule is O=C(COc1ccc(Br)cc1)Nc1ccc(-c2nc3cc(Cl)ccc3o2)c(O)c1. The number of aromatic nitrogens is 1. The first-order valence-corrected chi connectivity index (χ1v) is 9.73. The normalized spacial score (nSPS) is 10.8. The summed E-state index contributed by atoms with van der Waals surface area (Å²) in [4.78, 5) is 16.4. The Kier molecular flexibility index (Phi) is 5.42. The first-order valence-electron chi connectivity index (χ1n) is 8.55. The number of halogens is 2. The number of hydrogen-bond acceptors (Lipinski definition) is 5. The number of amides is 1. The van der Waals surface area contributed by atoms with Gasteiger partial charge < -0.3 is 19.6 Å². The second-order valence-electron chi connectivity index (χ2n) is 6.15. The van der Waals surface area contributed by atoms with Crippen LogP contribution in [0.15, 0.2) is 69.6 Å². The molecule has 1 amide bonds. The van der Waals surface area contributed by atoms with E-state index >= 15 is 0 Å². The summed E-state index contributed by atoms with van der Waals surface area (Å²) in [6, 6.07) is 16.9. The van der Waals surface area contributed by atoms with Crippen molar-refractivity contribution in [2.24, 2.45) is 0 Å². The van der Waals surface area contributed by atoms with Gasteiger partial charge in [0.15, 0.2) is 12.2 Å². The van der Waals surface area contributed by atoms with Crippen molar-refractivity contribution in [2.45, 2.75) is 0 Å². The lowest BCUT2D eigenvalue weighted by Gasteiger charge is -2.09. The van der Waals surface area contributed by atoms with Crippen LogP contribution in [-0.4, -0.2) is 22.6 Å². The summed E-state index contributed by atoms with van der Waals surface area (Å²) in [6.07, 6.45) is 0. The number of benzene rings is 3. The molecule has 8 heteroatoms. The van der Waals surface area contributed by atoms with E-state index in [1.807, 2.05) is 12.1 Å². The van der Waals surface area contributed by atoms with E-state index in [2.05, 4.69) is 26.2 Å². The van der Waals surface area contributed by atoms with Crippen molar-refractivity contribution >= 4 is 50.2 Å². The number of ether oxygens (including phenoxy) is 1. The molecule has 2 N–H and O–H groups in total. The average Bonchev–Trinajstić information content (AvgIpc) is 3.10. The minimum Gasteiger partial charge on any atom is -0.507 e. The Hall–Kier alpha value is -3.03. The largest absolute Gasteiger partial charge is 0.507 e. The Labute approximate surface area is 179 Å². The van der Waals surface area contributed by atoms with Gasteiger partial charge in [0, 0.05) is 21.2 Å². The fourth-order valence-electron chi connectivity index (χ4n) is 2.68. The average molecular weight is 474 g/mol. The van der Waals surface area contributed by atoms with E-state index in [1.165, 1.54) is 6.07 Å². The molecule has 0 aliphatic heterocycles. The molecule has 0 atom stereocenters. The quantitative estimate of drug-likeness (QED) is 0.392. The van der Waals surface area contributed by atoms with Crippen molar-refractivity contribution in [3.63, 3.8) is 0 Å². The third kappa shape index (κ3) is 4.52. The molecule has 0 spiro atoms. The molecule has 0 radical (unpaired) electrons. The molecule has 0 unspecified atom stereocenters. The van der Waals surface area contributed by atoms with Gasteiger partial charge in [0.2, 0.25) is 5.89 Å². The molecule has 0 bridgehead atoms. The Balaban J connectivity index is 1.44. The van der Waals surface area contributed by atoms with Gasteiger partial charge in [-0.3, -0.25) is 4.79 Å². The van der Waals surface area contributed by atoms with E-state index in [1.54, 1.807) is 42.5 Å². The highest BCUT2D eigenvalue weighted by Gasteiger charge is 2.14. The van der Waals surface area contributed by atoms with Crippen molar-refractivity contribution in [2.75, 3.05) is 11.9 Å². The van der Waals surface area contributed by atoms with Gasteiger partial charge >= 0.3 is 0 Å². The Morgan fingerprint density at radius 2 is 1.93 bits per heavy atom. The van der Waals surface area contributed by atoms with E-state index < -0.39 is 0 Å². The number of nitrogens with one attached hydrogen (secondary N) is 1. The number of hydrogen-bond donors (Lipinski definition) is 2. The third-order valence-electron chi connectivity index (χ3n) is 4.05. The molecule has 0 saturated carbocycles. The van der Waals surface area contributed by atoms with Gasteiger partial charge in [-0.25, -0.2) is 4.98 Å². The summed E-state index contributed by atoms with van der Waals surface area (Å²) in [6.45, 7) is -0.157. The standard InChI is InChI=1S/C21H14BrClN2O4/c22-12-1-5-15(6-2-12)28-11-20(27)24-14-4-7-16(18(26)10-14)21-25-17-9-13(23)3-8-19(17)29-21/h1-10,26H,11H2,(H,24,27). The summed E-state index contributed by atoms with van der Waals surface area (Å²) in [5.41, 5.74) is 1.98. The van der Waals surface area contributed by atoms with Crippen molar-refractivity contribution in [3.8, 4) is 23.0 Å². The molecule has 29 heavy (non-hydrogen) atoms. The Bertz CT molecular complexity index is 1190. The smallest absolute Gasteiger partial charge is 0.262 e. The molecule has 1 aromatic heterocycles. The fourth-order valence-corrected chi connectivity index (χ4v) is 3.11. The van der Waals surface area contributed by atoms with Crippen LogP contribution in [0, 0.1) is 0 Å². The topological polar surface area (TPSA) is 84.6 Å². The Morgan fingerprint density at radius 3 is 2.69 bits per heavy atom. The highest BCUT2D eigenvalue weighted by Crippen LogP contribution is 2.33. The molecule has 0 aliphatic rings. The highest BCUT2D eigenvalue weighted by atomic mass is 79.9. The molecule has 146 valence electrons. The zero-order valence-corrected chi connectivity index (χ0v) is 17.2. The van der Waals surface area contributed by atoms with E-state index in [0.29, 0.717) is 33.1 Å². The van der Waals surface area contributed by atoms with Crippen LogP contribution in [0.25, 0.3) is 22.6 Å². The van der Waals surface area contributed by atoms with Crippen molar-refractivity contribution in [1.29, 1.82) is 0 Å². The fraction of sp³-hybridized carbons (Fsp3) is 0.0476. The number of oxazole rings is 1. The first-order chi connectivity index (χ1) is 14.0. The molecule has 4 rings (SSSR count). The van der Waals surface area contributed by atoms with Crippen LogP contribution in [-0.2, 0) is 4.79 Å². The lowest BCUT2D eigenvalue weighted by atomic mass is 10.2. The van der Waals surface area contributed by atoms with Crippen LogP contribution in [0.4, 0.5) is 5.69 Å². The number of phenolic OH excluding ortho intramolecular Hbond substituents is 1. The molecule has 6 nitrogen and oxygen atoms in total. The van der Waals surface area contributed by atoms with Crippen molar-refractivity contribution in [1.82, 2.24) is 4.98 Å². The van der Waals surface area contributed by atoms with Gasteiger partial charge in [-0.15, -0.1) is 0 Å². The monoisotopic (exact) mass is 472 g/mol. The first kappa shape index (κ1) is 19.3. The molecule has 4 aromatic rings. The number of carbonyl (C=O) groups excluding carboxylic acids is 1. The highest BCUT2D eigenvalue weighted by molar-refractivity contribution is 9.10. The number of fused-ring (bicyclic) bond motifs is 1. The van der Waals surface area contributed by atoms with Gasteiger partial charge in [0.25, 0.3) is 5.91 Å². The van der Waals surface area contributed by atoms with Crippen molar-refractivity contribution in [3.05, 3.63) is 70.2 Å². The number of phenols is 1. The summed E-state index contributed by atoms with van der Waals surface area (Å²) >= 11 is 9.30. The van der Waals surface area contributed by atoms with E-state index in [4.69, 9.17) is 20.8 Å². The maximum atomic E-state index is 12.1. The van der Waals surface area contributed by atoms with Crippen LogP contribution >= 0.6 is 27.5 Å². The van der Waals surface area contributed by atoms with E-state index in [-0.39, 0.29) is 24.2 Å². The molecule has 0 fully saturated rings. The van der Waals surface area contributed by atoms with Crippen molar-refractivity contribution < 1.29 is 19.1 Å². The second-order valence-corrected chi connectivity index (χ2v) is 7.51. The lowest BCUT2D eigenvalue weighted by Crippen LogP contribution is -2.20. The number of aromatic hydroxyl groups is 1. The molecule has 3 aromatic carbocycles. The van der Waals surface area contributed by atoms with Crippen LogP contribution in [0.3, 0.4) is 0 Å². The molecule has 0 saturated heterocycles. The maximum Gasteiger partial charge on any atom is 0.262 e. The van der Waals surface area contributed by atoms with Gasteiger partial charge in [0.1, 0.15) is 17.0 Å². The lowest BCUT2D eigenvalue weighted by molar-refractivity contribution is -0.118. The predicted octanol–water partition coefficient (Wildman–Crippen LogP) is 5.63. The minimum absolute atomic E-state index is 0.0747. The third-order valence-corrected chi connectivity index (χ3v) is 4.81. The van der Waals surface area contributed by atoms with Crippen LogP contribution in [0.5, 0.6) is 11.5 Å². The number of rotatable bonds is 5. The number of anilines is 1. The number of carbonyl (C=O) groups is 1. The van der Waals surface area contributed by atoms with Gasteiger partial charge in [-0.2, -0.15) is 0 Å². The van der Waals surface area contributed by atoms with Gasteiger partial charge in [-0.1, -0.05) is 27.5 Å². The summed E-state index contributed by atoms with van der Waals surface area (Å²) in [5.74, 6) is 0.416. The predicted molar refractivity (Wildman–Crippen MR) is 114 cm³/mol. The zero-order valence-electron chi connectivity index (χ0n) is 14.9. The molecule has 1 heterocycles. The maximum absolute atomic E-state index is 12.1. The summed E-state index contributed by atoms with van der Waals surface area (Å²) < 4.78 is 12.0. The molecular weight excluding hydrogens is 460 g/mol. The van der Waals surface area contributed by atoms with Gasteiger partial charge in [-0.05, 0) is 54.6 Å². The van der Waals surface area contributed by atoms with Crippen LogP contribution in [0.1, 0.15) is 0 Å². The van der Waals surface area contributed by atoms with Gasteiger partial charge in [0.05, 0.1) is 5.56 Å². The summed E-state index contributed by atoms with van der Waals surface area (Å²) in [5, 5.41) is 13.6. The van der Waals surface area contributed by atoms with Crippen LogP contribution < -0.4 is 10.1 Å². The second kappa shape index (κ2) is 8.14. The zero-order chi connectivity index (χ0) is 20.4. The molecular formula is C21H14BrClN2O4. The minimum atomic E-state index is -0.350.